The van der Waals surface area contributed by atoms with Crippen molar-refractivity contribution in [2.45, 2.75) is 13.5 Å². The van der Waals surface area contributed by atoms with Crippen LogP contribution in [0.3, 0.4) is 0 Å². The predicted octanol–water partition coefficient (Wildman–Crippen LogP) is 6.22. The summed E-state index contributed by atoms with van der Waals surface area (Å²) in [4.78, 5) is 4.81. The monoisotopic (exact) mass is 358 g/mol. The van der Waals surface area contributed by atoms with E-state index in [1.165, 1.54) is 11.1 Å². The highest BCUT2D eigenvalue weighted by molar-refractivity contribution is 6.30. The Bertz CT molecular complexity index is 1060. The SMILES string of the molecule is Cc1ccc(Cn2c(C=Cc3ccc(Cl)cc3)nc3ccccc32)cc1. The lowest BCUT2D eigenvalue weighted by molar-refractivity contribution is 0.813. The molecule has 128 valence electrons. The number of nitrogens with zero attached hydrogens (tertiary/aromatic N) is 2. The fraction of sp³-hybridized carbons (Fsp3) is 0.0870. The van der Waals surface area contributed by atoms with E-state index in [-0.39, 0.29) is 0 Å². The van der Waals surface area contributed by atoms with Gasteiger partial charge in [-0.3, -0.25) is 0 Å². The van der Waals surface area contributed by atoms with Crippen LogP contribution in [0.25, 0.3) is 23.2 Å². The van der Waals surface area contributed by atoms with Crippen LogP contribution in [-0.2, 0) is 6.54 Å². The van der Waals surface area contributed by atoms with E-state index in [1.54, 1.807) is 0 Å². The molecule has 0 N–H and O–H groups in total. The first-order chi connectivity index (χ1) is 12.7. The molecule has 0 amide bonds. The zero-order chi connectivity index (χ0) is 17.9. The number of halogens is 1. The Morgan fingerprint density at radius 2 is 1.62 bits per heavy atom. The Kier molecular flexibility index (Phi) is 4.59. The normalized spacial score (nSPS) is 11.5. The number of imidazole rings is 1. The van der Waals surface area contributed by atoms with Crippen molar-refractivity contribution in [3.8, 4) is 0 Å². The molecule has 0 aliphatic heterocycles. The molecule has 26 heavy (non-hydrogen) atoms. The number of aromatic nitrogens is 2. The molecule has 0 saturated heterocycles. The van der Waals surface area contributed by atoms with Crippen molar-refractivity contribution >= 4 is 34.8 Å². The summed E-state index contributed by atoms with van der Waals surface area (Å²) in [5, 5.41) is 0.744. The third kappa shape index (κ3) is 3.56. The smallest absolute Gasteiger partial charge is 0.134 e. The molecule has 1 heterocycles. The van der Waals surface area contributed by atoms with E-state index >= 15 is 0 Å². The number of benzene rings is 3. The summed E-state index contributed by atoms with van der Waals surface area (Å²) in [7, 11) is 0. The molecule has 0 aliphatic rings. The van der Waals surface area contributed by atoms with Crippen LogP contribution >= 0.6 is 11.6 Å². The van der Waals surface area contributed by atoms with E-state index in [0.29, 0.717) is 0 Å². The van der Waals surface area contributed by atoms with Crippen LogP contribution < -0.4 is 0 Å². The average molecular weight is 359 g/mol. The van der Waals surface area contributed by atoms with Gasteiger partial charge >= 0.3 is 0 Å². The van der Waals surface area contributed by atoms with Crippen molar-refractivity contribution in [3.05, 3.63) is 100 Å². The van der Waals surface area contributed by atoms with Crippen molar-refractivity contribution in [2.24, 2.45) is 0 Å². The summed E-state index contributed by atoms with van der Waals surface area (Å²) in [6.45, 7) is 2.90. The van der Waals surface area contributed by atoms with Gasteiger partial charge < -0.3 is 4.57 Å². The van der Waals surface area contributed by atoms with E-state index in [0.717, 1.165) is 34.0 Å². The van der Waals surface area contributed by atoms with Crippen LogP contribution in [0.1, 0.15) is 22.5 Å². The minimum absolute atomic E-state index is 0.744. The van der Waals surface area contributed by atoms with Gasteiger partial charge in [0.1, 0.15) is 5.82 Å². The molecule has 4 rings (SSSR count). The van der Waals surface area contributed by atoms with Gasteiger partial charge in [-0.05, 0) is 48.4 Å². The van der Waals surface area contributed by atoms with Crippen molar-refractivity contribution in [2.75, 3.05) is 0 Å². The largest absolute Gasteiger partial charge is 0.320 e. The van der Waals surface area contributed by atoms with E-state index in [4.69, 9.17) is 16.6 Å². The van der Waals surface area contributed by atoms with Gasteiger partial charge in [0.2, 0.25) is 0 Å². The summed E-state index contributed by atoms with van der Waals surface area (Å²) in [6.07, 6.45) is 4.14. The zero-order valence-electron chi connectivity index (χ0n) is 14.6. The second kappa shape index (κ2) is 7.19. The Balaban J connectivity index is 1.73. The zero-order valence-corrected chi connectivity index (χ0v) is 15.3. The van der Waals surface area contributed by atoms with Gasteiger partial charge in [0.25, 0.3) is 0 Å². The Hall–Kier alpha value is -2.84. The number of para-hydroxylation sites is 2. The lowest BCUT2D eigenvalue weighted by Gasteiger charge is -2.08. The molecule has 4 aromatic rings. The molecule has 3 aromatic carbocycles. The number of hydrogen-bond donors (Lipinski definition) is 0. The molecule has 0 atom stereocenters. The lowest BCUT2D eigenvalue weighted by atomic mass is 10.1. The highest BCUT2D eigenvalue weighted by Crippen LogP contribution is 2.20. The maximum Gasteiger partial charge on any atom is 0.134 e. The topological polar surface area (TPSA) is 17.8 Å². The van der Waals surface area contributed by atoms with E-state index in [2.05, 4.69) is 66.1 Å². The van der Waals surface area contributed by atoms with Crippen LogP contribution in [-0.4, -0.2) is 9.55 Å². The Morgan fingerprint density at radius 1 is 0.885 bits per heavy atom. The average Bonchev–Trinajstić information content (AvgIpc) is 3.01. The highest BCUT2D eigenvalue weighted by Gasteiger charge is 2.08. The van der Waals surface area contributed by atoms with Crippen LogP contribution in [0.4, 0.5) is 0 Å². The predicted molar refractivity (Wildman–Crippen MR) is 110 cm³/mol. The van der Waals surface area contributed by atoms with Crippen LogP contribution in [0.5, 0.6) is 0 Å². The van der Waals surface area contributed by atoms with Crippen LogP contribution in [0.2, 0.25) is 5.02 Å². The number of fused-ring (bicyclic) bond motifs is 1. The van der Waals surface area contributed by atoms with Gasteiger partial charge in [-0.1, -0.05) is 71.8 Å². The first-order valence-corrected chi connectivity index (χ1v) is 9.01. The maximum atomic E-state index is 5.97. The summed E-state index contributed by atoms with van der Waals surface area (Å²) in [5.41, 5.74) is 5.79. The quantitative estimate of drug-likeness (QED) is 0.423. The lowest BCUT2D eigenvalue weighted by Crippen LogP contribution is -2.02. The second-order valence-corrected chi connectivity index (χ2v) is 6.85. The molecule has 1 aromatic heterocycles. The molecular formula is C23H19ClN2. The molecule has 0 radical (unpaired) electrons. The number of hydrogen-bond acceptors (Lipinski definition) is 1. The van der Waals surface area contributed by atoms with Gasteiger partial charge in [-0.25, -0.2) is 4.98 Å². The van der Waals surface area contributed by atoms with Gasteiger partial charge in [-0.15, -0.1) is 0 Å². The maximum absolute atomic E-state index is 5.97. The molecule has 2 nitrogen and oxygen atoms in total. The fourth-order valence-corrected chi connectivity index (χ4v) is 3.13. The third-order valence-electron chi connectivity index (χ3n) is 4.44. The van der Waals surface area contributed by atoms with Gasteiger partial charge in [0.15, 0.2) is 0 Å². The van der Waals surface area contributed by atoms with E-state index in [9.17, 15) is 0 Å². The number of rotatable bonds is 4. The molecule has 0 spiro atoms. The van der Waals surface area contributed by atoms with Gasteiger partial charge in [0, 0.05) is 11.6 Å². The van der Waals surface area contributed by atoms with Gasteiger partial charge in [0.05, 0.1) is 11.0 Å². The molecule has 0 fully saturated rings. The van der Waals surface area contributed by atoms with Crippen LogP contribution in [0.15, 0.2) is 72.8 Å². The molecule has 3 heteroatoms. The Labute approximate surface area is 158 Å². The second-order valence-electron chi connectivity index (χ2n) is 6.42. The van der Waals surface area contributed by atoms with Crippen molar-refractivity contribution in [1.82, 2.24) is 9.55 Å². The van der Waals surface area contributed by atoms with E-state index in [1.807, 2.05) is 30.3 Å². The minimum atomic E-state index is 0.744. The molecular weight excluding hydrogens is 340 g/mol. The first kappa shape index (κ1) is 16.6. The standard InChI is InChI=1S/C23H19ClN2/c1-17-6-8-19(9-7-17)16-26-22-5-3-2-4-21(22)25-23(26)15-12-18-10-13-20(24)14-11-18/h2-15H,16H2,1H3. The number of aryl methyl sites for hydroxylation is 1. The van der Waals surface area contributed by atoms with E-state index < -0.39 is 0 Å². The first-order valence-electron chi connectivity index (χ1n) is 8.63. The molecule has 0 saturated carbocycles. The van der Waals surface area contributed by atoms with Crippen molar-refractivity contribution in [1.29, 1.82) is 0 Å². The molecule has 0 unspecified atom stereocenters. The minimum Gasteiger partial charge on any atom is -0.320 e. The molecule has 0 bridgehead atoms. The summed E-state index contributed by atoms with van der Waals surface area (Å²) in [6, 6.07) is 24.7. The summed E-state index contributed by atoms with van der Waals surface area (Å²) >= 11 is 5.97. The molecule has 0 aliphatic carbocycles. The van der Waals surface area contributed by atoms with Crippen LogP contribution in [0, 0.1) is 6.92 Å². The highest BCUT2D eigenvalue weighted by atomic mass is 35.5. The summed E-state index contributed by atoms with van der Waals surface area (Å²) < 4.78 is 2.26. The fourth-order valence-electron chi connectivity index (χ4n) is 3.01. The van der Waals surface area contributed by atoms with Gasteiger partial charge in [-0.2, -0.15) is 0 Å². The Morgan fingerprint density at radius 3 is 2.38 bits per heavy atom. The third-order valence-corrected chi connectivity index (χ3v) is 4.69. The van der Waals surface area contributed by atoms with Crippen molar-refractivity contribution < 1.29 is 0 Å². The van der Waals surface area contributed by atoms with Crippen molar-refractivity contribution in [3.63, 3.8) is 0 Å². The summed E-state index contributed by atoms with van der Waals surface area (Å²) in [5.74, 6) is 0.946.